The lowest BCUT2D eigenvalue weighted by Gasteiger charge is -2.19. The van der Waals surface area contributed by atoms with Crippen molar-refractivity contribution in [2.24, 2.45) is 0 Å². The summed E-state index contributed by atoms with van der Waals surface area (Å²) in [6.07, 6.45) is 1.16. The fourth-order valence-corrected chi connectivity index (χ4v) is 3.43. The Morgan fingerprint density at radius 1 is 1.20 bits per heavy atom. The molecule has 1 heterocycles. The standard InChI is InChI=1S/C16H31N3S/c1-8-12(4)17-11-13-14(16(5,6)7)18-15(20-13)19(9-2)10-3/h12,17H,8-11H2,1-7H3. The van der Waals surface area contributed by atoms with Gasteiger partial charge in [0, 0.05) is 36.0 Å². The Morgan fingerprint density at radius 3 is 2.25 bits per heavy atom. The Kier molecular flexibility index (Phi) is 6.46. The second-order valence-electron chi connectivity index (χ2n) is 6.38. The lowest BCUT2D eigenvalue weighted by atomic mass is 9.91. The van der Waals surface area contributed by atoms with E-state index < -0.39 is 0 Å². The number of hydrogen-bond donors (Lipinski definition) is 1. The first-order valence-electron chi connectivity index (χ1n) is 7.81. The van der Waals surface area contributed by atoms with E-state index >= 15 is 0 Å². The molecule has 0 amide bonds. The Labute approximate surface area is 128 Å². The summed E-state index contributed by atoms with van der Waals surface area (Å²) in [5, 5.41) is 4.77. The van der Waals surface area contributed by atoms with Crippen LogP contribution in [-0.4, -0.2) is 24.1 Å². The van der Waals surface area contributed by atoms with Gasteiger partial charge in [-0.15, -0.1) is 11.3 Å². The third-order valence-electron chi connectivity index (χ3n) is 3.65. The van der Waals surface area contributed by atoms with Gasteiger partial charge < -0.3 is 10.2 Å². The fraction of sp³-hybridized carbons (Fsp3) is 0.812. The van der Waals surface area contributed by atoms with Crippen LogP contribution in [0.1, 0.15) is 65.5 Å². The molecule has 1 rings (SSSR count). The molecule has 116 valence electrons. The highest BCUT2D eigenvalue weighted by Crippen LogP contribution is 2.33. The highest BCUT2D eigenvalue weighted by molar-refractivity contribution is 7.15. The van der Waals surface area contributed by atoms with E-state index in [0.29, 0.717) is 6.04 Å². The van der Waals surface area contributed by atoms with E-state index in [2.05, 4.69) is 58.7 Å². The molecule has 4 heteroatoms. The third-order valence-corrected chi connectivity index (χ3v) is 4.77. The van der Waals surface area contributed by atoms with Crippen LogP contribution in [0.3, 0.4) is 0 Å². The molecule has 0 radical (unpaired) electrons. The monoisotopic (exact) mass is 297 g/mol. The van der Waals surface area contributed by atoms with Crippen molar-refractivity contribution in [2.45, 2.75) is 72.9 Å². The molecular weight excluding hydrogens is 266 g/mol. The first-order chi connectivity index (χ1) is 9.33. The van der Waals surface area contributed by atoms with Gasteiger partial charge in [-0.25, -0.2) is 4.98 Å². The maximum atomic E-state index is 4.93. The minimum atomic E-state index is 0.106. The number of nitrogens with one attached hydrogen (secondary N) is 1. The van der Waals surface area contributed by atoms with Gasteiger partial charge in [0.15, 0.2) is 5.13 Å². The van der Waals surface area contributed by atoms with Crippen LogP contribution in [0.4, 0.5) is 5.13 Å². The lowest BCUT2D eigenvalue weighted by molar-refractivity contribution is 0.520. The minimum Gasteiger partial charge on any atom is -0.349 e. The summed E-state index contributed by atoms with van der Waals surface area (Å²) >= 11 is 1.85. The van der Waals surface area contributed by atoms with Crippen molar-refractivity contribution in [3.63, 3.8) is 0 Å². The zero-order chi connectivity index (χ0) is 15.3. The second kappa shape index (κ2) is 7.41. The summed E-state index contributed by atoms with van der Waals surface area (Å²) in [5.74, 6) is 0. The Morgan fingerprint density at radius 2 is 1.80 bits per heavy atom. The molecule has 0 saturated heterocycles. The third kappa shape index (κ3) is 4.45. The van der Waals surface area contributed by atoms with Gasteiger partial charge in [0.25, 0.3) is 0 Å². The van der Waals surface area contributed by atoms with Gasteiger partial charge >= 0.3 is 0 Å². The van der Waals surface area contributed by atoms with Gasteiger partial charge in [-0.3, -0.25) is 0 Å². The Bertz CT molecular complexity index is 402. The minimum absolute atomic E-state index is 0.106. The molecule has 0 fully saturated rings. The highest BCUT2D eigenvalue weighted by Gasteiger charge is 2.24. The molecule has 0 aliphatic heterocycles. The number of anilines is 1. The molecule has 1 atom stereocenters. The van der Waals surface area contributed by atoms with Gasteiger partial charge in [0.05, 0.1) is 5.69 Å². The van der Waals surface area contributed by atoms with Crippen molar-refractivity contribution in [1.82, 2.24) is 10.3 Å². The number of aromatic nitrogens is 1. The SMILES string of the molecule is CCC(C)NCc1sc(N(CC)CC)nc1C(C)(C)C. The van der Waals surface area contributed by atoms with Crippen molar-refractivity contribution in [2.75, 3.05) is 18.0 Å². The number of rotatable bonds is 7. The van der Waals surface area contributed by atoms with Crippen LogP contribution in [-0.2, 0) is 12.0 Å². The predicted molar refractivity (Wildman–Crippen MR) is 91.0 cm³/mol. The van der Waals surface area contributed by atoms with Crippen molar-refractivity contribution >= 4 is 16.5 Å². The van der Waals surface area contributed by atoms with Crippen LogP contribution in [0, 0.1) is 0 Å². The quantitative estimate of drug-likeness (QED) is 0.818. The summed E-state index contributed by atoms with van der Waals surface area (Å²) in [6.45, 7) is 18.6. The summed E-state index contributed by atoms with van der Waals surface area (Å²) in [5.41, 5.74) is 1.36. The molecular formula is C16H31N3S. The Balaban J connectivity index is 3.01. The van der Waals surface area contributed by atoms with E-state index in [1.54, 1.807) is 0 Å². The molecule has 0 aliphatic carbocycles. The van der Waals surface area contributed by atoms with Crippen LogP contribution >= 0.6 is 11.3 Å². The van der Waals surface area contributed by atoms with E-state index in [9.17, 15) is 0 Å². The molecule has 0 saturated carbocycles. The van der Waals surface area contributed by atoms with Crippen LogP contribution in [0.25, 0.3) is 0 Å². The average molecular weight is 298 g/mol. The van der Waals surface area contributed by atoms with Crippen molar-refractivity contribution in [3.05, 3.63) is 10.6 Å². The zero-order valence-electron chi connectivity index (χ0n) is 14.2. The summed E-state index contributed by atoms with van der Waals surface area (Å²) in [6, 6.07) is 0.557. The van der Waals surface area contributed by atoms with Crippen molar-refractivity contribution < 1.29 is 0 Å². The summed E-state index contributed by atoms with van der Waals surface area (Å²) in [4.78, 5) is 8.66. The molecule has 3 nitrogen and oxygen atoms in total. The number of nitrogens with zero attached hydrogens (tertiary/aromatic N) is 2. The first kappa shape index (κ1) is 17.4. The maximum absolute atomic E-state index is 4.93. The molecule has 1 N–H and O–H groups in total. The average Bonchev–Trinajstić information content (AvgIpc) is 2.81. The Hall–Kier alpha value is -0.610. The van der Waals surface area contributed by atoms with Crippen LogP contribution < -0.4 is 10.2 Å². The van der Waals surface area contributed by atoms with Gasteiger partial charge in [0.1, 0.15) is 0 Å². The van der Waals surface area contributed by atoms with E-state index in [4.69, 9.17) is 4.98 Å². The van der Waals surface area contributed by atoms with E-state index in [-0.39, 0.29) is 5.41 Å². The number of thiazole rings is 1. The normalized spacial score (nSPS) is 13.6. The van der Waals surface area contributed by atoms with Gasteiger partial charge in [0.2, 0.25) is 0 Å². The first-order valence-corrected chi connectivity index (χ1v) is 8.63. The largest absolute Gasteiger partial charge is 0.349 e. The highest BCUT2D eigenvalue weighted by atomic mass is 32.1. The van der Waals surface area contributed by atoms with Crippen molar-refractivity contribution in [1.29, 1.82) is 0 Å². The molecule has 1 aromatic heterocycles. The topological polar surface area (TPSA) is 28.2 Å². The molecule has 0 spiro atoms. The van der Waals surface area contributed by atoms with Gasteiger partial charge in [-0.1, -0.05) is 27.7 Å². The van der Waals surface area contributed by atoms with Crippen LogP contribution in [0.2, 0.25) is 0 Å². The lowest BCUT2D eigenvalue weighted by Crippen LogP contribution is -2.25. The predicted octanol–water partition coefficient (Wildman–Crippen LogP) is 4.17. The second-order valence-corrected chi connectivity index (χ2v) is 7.44. The number of hydrogen-bond acceptors (Lipinski definition) is 4. The molecule has 0 aliphatic rings. The van der Waals surface area contributed by atoms with E-state index in [0.717, 1.165) is 26.1 Å². The molecule has 20 heavy (non-hydrogen) atoms. The van der Waals surface area contributed by atoms with Gasteiger partial charge in [-0.05, 0) is 27.2 Å². The molecule has 1 unspecified atom stereocenters. The fourth-order valence-electron chi connectivity index (χ4n) is 2.09. The summed E-state index contributed by atoms with van der Waals surface area (Å²) < 4.78 is 0. The smallest absolute Gasteiger partial charge is 0.185 e. The van der Waals surface area contributed by atoms with Crippen LogP contribution in [0.15, 0.2) is 0 Å². The van der Waals surface area contributed by atoms with Gasteiger partial charge in [-0.2, -0.15) is 0 Å². The van der Waals surface area contributed by atoms with E-state index in [1.807, 2.05) is 11.3 Å². The molecule has 0 aromatic carbocycles. The van der Waals surface area contributed by atoms with Crippen molar-refractivity contribution in [3.8, 4) is 0 Å². The van der Waals surface area contributed by atoms with Crippen LogP contribution in [0.5, 0.6) is 0 Å². The zero-order valence-corrected chi connectivity index (χ0v) is 15.0. The van der Waals surface area contributed by atoms with E-state index in [1.165, 1.54) is 15.7 Å². The maximum Gasteiger partial charge on any atom is 0.185 e. The summed E-state index contributed by atoms with van der Waals surface area (Å²) in [7, 11) is 0. The molecule has 0 bridgehead atoms. The molecule has 1 aromatic rings.